The quantitative estimate of drug-likeness (QED) is 0.482. The Morgan fingerprint density at radius 2 is 1.80 bits per heavy atom. The fourth-order valence-electron chi connectivity index (χ4n) is 5.82. The number of carbonyl (C=O) groups excluding carboxylic acids is 2. The molecule has 0 saturated carbocycles. The highest BCUT2D eigenvalue weighted by molar-refractivity contribution is 5.89. The second-order valence-electron chi connectivity index (χ2n) is 10.6. The second-order valence-corrected chi connectivity index (χ2v) is 10.6. The highest BCUT2D eigenvalue weighted by atomic mass is 16.5. The number of amides is 3. The Kier molecular flexibility index (Phi) is 7.94. The Hall–Kier alpha value is -3.92. The van der Waals surface area contributed by atoms with Gasteiger partial charge in [-0.25, -0.2) is 14.8 Å². The number of carbonyl (C=O) groups is 2. The van der Waals surface area contributed by atoms with E-state index in [2.05, 4.69) is 32.3 Å². The number of nitrogens with zero attached hydrogens (tertiary/aromatic N) is 5. The van der Waals surface area contributed by atoms with Gasteiger partial charge in [-0.15, -0.1) is 0 Å². The summed E-state index contributed by atoms with van der Waals surface area (Å²) in [6.45, 7) is 6.51. The monoisotopic (exact) mass is 544 g/mol. The first-order valence-electron chi connectivity index (χ1n) is 14.3. The number of morpholine rings is 1. The molecule has 0 radical (unpaired) electrons. The molecule has 3 fully saturated rings. The standard InChI is InChI=1S/C30H36N6O4/c37-28-2-1-11-35(28)16-19-40-25-7-8-26-27(20-25)31-21-32-29(26)22-9-12-36(13-10-22)30(38)33-23-3-5-24(6-4-23)34-14-17-39-18-15-34/h3-8,20-22H,1-2,9-19H2,(H,33,38). The molecular formula is C30H36N6O4. The SMILES string of the molecule is O=C1CCCN1CCOc1ccc2c(C3CCN(C(=O)Nc4ccc(N5CCOCC5)cc4)CC3)ncnc2c1. The number of benzene rings is 2. The number of urea groups is 1. The van der Waals surface area contributed by atoms with Crippen LogP contribution in [-0.4, -0.2) is 90.8 Å². The van der Waals surface area contributed by atoms with Crippen molar-refractivity contribution in [2.75, 3.05) is 69.3 Å². The minimum atomic E-state index is -0.0671. The van der Waals surface area contributed by atoms with Gasteiger partial charge in [0.2, 0.25) is 5.91 Å². The highest BCUT2D eigenvalue weighted by Crippen LogP contribution is 2.32. The fourth-order valence-corrected chi connectivity index (χ4v) is 5.82. The number of ether oxygens (including phenoxy) is 2. The molecule has 1 aromatic heterocycles. The molecule has 0 unspecified atom stereocenters. The van der Waals surface area contributed by atoms with E-state index in [1.165, 1.54) is 0 Å². The number of likely N-dealkylation sites (tertiary alicyclic amines) is 2. The third-order valence-electron chi connectivity index (χ3n) is 8.10. The molecule has 4 heterocycles. The number of hydrogen-bond acceptors (Lipinski definition) is 7. The van der Waals surface area contributed by atoms with E-state index in [4.69, 9.17) is 9.47 Å². The minimum absolute atomic E-state index is 0.0671. The van der Waals surface area contributed by atoms with Crippen LogP contribution in [0.25, 0.3) is 10.9 Å². The molecule has 0 bridgehead atoms. The molecule has 3 aromatic rings. The lowest BCUT2D eigenvalue weighted by atomic mass is 9.91. The van der Waals surface area contributed by atoms with Gasteiger partial charge >= 0.3 is 6.03 Å². The number of fused-ring (bicyclic) bond motifs is 1. The van der Waals surface area contributed by atoms with Crippen LogP contribution in [0.3, 0.4) is 0 Å². The van der Waals surface area contributed by atoms with Crippen LogP contribution in [0.5, 0.6) is 5.75 Å². The zero-order valence-electron chi connectivity index (χ0n) is 22.8. The van der Waals surface area contributed by atoms with Crippen molar-refractivity contribution < 1.29 is 19.1 Å². The largest absolute Gasteiger partial charge is 0.492 e. The molecule has 210 valence electrons. The van der Waals surface area contributed by atoms with Gasteiger partial charge in [-0.2, -0.15) is 0 Å². The predicted octanol–water partition coefficient (Wildman–Crippen LogP) is 3.88. The van der Waals surface area contributed by atoms with Crippen LogP contribution in [0.4, 0.5) is 16.2 Å². The average molecular weight is 545 g/mol. The van der Waals surface area contributed by atoms with Crippen LogP contribution >= 0.6 is 0 Å². The predicted molar refractivity (Wildman–Crippen MR) is 153 cm³/mol. The first-order valence-corrected chi connectivity index (χ1v) is 14.3. The lowest BCUT2D eigenvalue weighted by Gasteiger charge is -2.32. The van der Waals surface area contributed by atoms with Crippen LogP contribution in [0.15, 0.2) is 48.8 Å². The third kappa shape index (κ3) is 5.96. The zero-order valence-corrected chi connectivity index (χ0v) is 22.8. The summed E-state index contributed by atoms with van der Waals surface area (Å²) in [5.41, 5.74) is 3.82. The van der Waals surface area contributed by atoms with E-state index in [9.17, 15) is 9.59 Å². The molecule has 10 heteroatoms. The number of piperidine rings is 1. The van der Waals surface area contributed by atoms with E-state index < -0.39 is 0 Å². The van der Waals surface area contributed by atoms with Gasteiger partial charge in [0, 0.05) is 67.9 Å². The lowest BCUT2D eigenvalue weighted by Crippen LogP contribution is -2.40. The van der Waals surface area contributed by atoms with Crippen molar-refractivity contribution in [2.24, 2.45) is 0 Å². The van der Waals surface area contributed by atoms with Crippen molar-refractivity contribution in [3.63, 3.8) is 0 Å². The van der Waals surface area contributed by atoms with E-state index in [1.54, 1.807) is 6.33 Å². The van der Waals surface area contributed by atoms with Crippen molar-refractivity contribution in [2.45, 2.75) is 31.6 Å². The molecule has 6 rings (SSSR count). The lowest BCUT2D eigenvalue weighted by molar-refractivity contribution is -0.128. The summed E-state index contributed by atoms with van der Waals surface area (Å²) in [5, 5.41) is 4.07. The summed E-state index contributed by atoms with van der Waals surface area (Å²) in [5.74, 6) is 1.21. The fraction of sp³-hybridized carbons (Fsp3) is 0.467. The van der Waals surface area contributed by atoms with E-state index >= 15 is 0 Å². The highest BCUT2D eigenvalue weighted by Gasteiger charge is 2.26. The molecule has 10 nitrogen and oxygen atoms in total. The van der Waals surface area contributed by atoms with Crippen molar-refractivity contribution >= 4 is 34.2 Å². The van der Waals surface area contributed by atoms with E-state index in [1.807, 2.05) is 40.1 Å². The average Bonchev–Trinajstić information content (AvgIpc) is 3.42. The van der Waals surface area contributed by atoms with Gasteiger partial charge in [0.05, 0.1) is 31.0 Å². The summed E-state index contributed by atoms with van der Waals surface area (Å²) in [6.07, 6.45) is 4.88. The van der Waals surface area contributed by atoms with Gasteiger partial charge in [-0.05, 0) is 55.7 Å². The summed E-state index contributed by atoms with van der Waals surface area (Å²) in [6, 6.07) is 13.9. The van der Waals surface area contributed by atoms with Crippen molar-refractivity contribution in [1.29, 1.82) is 0 Å². The van der Waals surface area contributed by atoms with E-state index in [-0.39, 0.29) is 17.9 Å². The second kappa shape index (κ2) is 12.1. The molecule has 0 atom stereocenters. The number of aromatic nitrogens is 2. The van der Waals surface area contributed by atoms with Gasteiger partial charge in [-0.3, -0.25) is 4.79 Å². The minimum Gasteiger partial charge on any atom is -0.492 e. The Morgan fingerprint density at radius 1 is 1.00 bits per heavy atom. The van der Waals surface area contributed by atoms with Crippen LogP contribution < -0.4 is 15.0 Å². The molecular weight excluding hydrogens is 508 g/mol. The Labute approximate surface area is 234 Å². The molecule has 0 spiro atoms. The van der Waals surface area contributed by atoms with Crippen molar-refractivity contribution in [3.8, 4) is 5.75 Å². The molecule has 3 saturated heterocycles. The Balaban J connectivity index is 1.02. The molecule has 3 aliphatic heterocycles. The third-order valence-corrected chi connectivity index (χ3v) is 8.10. The summed E-state index contributed by atoms with van der Waals surface area (Å²) < 4.78 is 11.4. The summed E-state index contributed by atoms with van der Waals surface area (Å²) in [7, 11) is 0. The number of hydrogen-bond donors (Lipinski definition) is 1. The Morgan fingerprint density at radius 3 is 2.55 bits per heavy atom. The van der Waals surface area contributed by atoms with Gasteiger partial charge in [0.25, 0.3) is 0 Å². The maximum atomic E-state index is 13.0. The summed E-state index contributed by atoms with van der Waals surface area (Å²) in [4.78, 5) is 39.9. The molecule has 3 aliphatic rings. The first kappa shape index (κ1) is 26.3. The first-order chi connectivity index (χ1) is 19.6. The van der Waals surface area contributed by atoms with Gasteiger partial charge in [-0.1, -0.05) is 0 Å². The van der Waals surface area contributed by atoms with E-state index in [0.29, 0.717) is 32.7 Å². The maximum absolute atomic E-state index is 13.0. The number of anilines is 2. The van der Waals surface area contributed by atoms with Gasteiger partial charge < -0.3 is 29.5 Å². The van der Waals surface area contributed by atoms with Gasteiger partial charge in [0.1, 0.15) is 18.7 Å². The molecule has 40 heavy (non-hydrogen) atoms. The molecule has 0 aliphatic carbocycles. The van der Waals surface area contributed by atoms with Crippen LogP contribution in [0.2, 0.25) is 0 Å². The van der Waals surface area contributed by atoms with Crippen molar-refractivity contribution in [3.05, 3.63) is 54.5 Å². The molecule has 3 amide bonds. The maximum Gasteiger partial charge on any atom is 0.321 e. The number of nitrogens with one attached hydrogen (secondary N) is 1. The summed E-state index contributed by atoms with van der Waals surface area (Å²) >= 11 is 0. The van der Waals surface area contributed by atoms with Crippen LogP contribution in [0, 0.1) is 0 Å². The number of rotatable bonds is 7. The van der Waals surface area contributed by atoms with E-state index in [0.717, 1.165) is 85.8 Å². The van der Waals surface area contributed by atoms with Crippen molar-refractivity contribution in [1.82, 2.24) is 19.8 Å². The molecule has 1 N–H and O–H groups in total. The zero-order chi connectivity index (χ0) is 27.3. The van der Waals surface area contributed by atoms with Crippen LogP contribution in [0.1, 0.15) is 37.3 Å². The molecule has 2 aromatic carbocycles. The Bertz CT molecular complexity index is 1340. The normalized spacial score (nSPS) is 18.4. The topological polar surface area (TPSA) is 100 Å². The smallest absolute Gasteiger partial charge is 0.321 e. The van der Waals surface area contributed by atoms with Gasteiger partial charge in [0.15, 0.2) is 0 Å². The van der Waals surface area contributed by atoms with Crippen LogP contribution in [-0.2, 0) is 9.53 Å².